The van der Waals surface area contributed by atoms with Crippen LogP contribution in [0.1, 0.15) is 90.4 Å². The lowest BCUT2D eigenvalue weighted by Crippen LogP contribution is -2.08. The molecule has 1 N–H and O–H groups in total. The zero-order valence-corrected chi connectivity index (χ0v) is 14.3. The minimum absolute atomic E-state index is 0.115. The standard InChI is InChI=1S/C18H33N3O/c1-2-3-4-5-6-7-8-9-10-11-12-13-14-15-16-18(22)17-20-21-19/h18,22H,2-13,16-17H2,1H3/t18-/m0/s1. The van der Waals surface area contributed by atoms with Crippen LogP contribution in [0.2, 0.25) is 0 Å². The molecule has 0 heterocycles. The van der Waals surface area contributed by atoms with Crippen LogP contribution in [0.25, 0.3) is 10.4 Å². The third kappa shape index (κ3) is 16.9. The van der Waals surface area contributed by atoms with Crippen molar-refractivity contribution in [1.29, 1.82) is 0 Å². The van der Waals surface area contributed by atoms with E-state index in [0.717, 1.165) is 12.8 Å². The van der Waals surface area contributed by atoms with Gasteiger partial charge in [0.25, 0.3) is 0 Å². The number of nitrogens with zero attached hydrogens (tertiary/aromatic N) is 3. The predicted octanol–water partition coefficient (Wildman–Crippen LogP) is 5.75. The van der Waals surface area contributed by atoms with Gasteiger partial charge in [-0.3, -0.25) is 0 Å². The highest BCUT2D eigenvalue weighted by Gasteiger charge is 1.97. The molecule has 0 saturated heterocycles. The zero-order chi connectivity index (χ0) is 16.3. The molecule has 0 radical (unpaired) electrons. The van der Waals surface area contributed by atoms with Gasteiger partial charge in [-0.1, -0.05) is 76.2 Å². The number of unbranched alkanes of at least 4 members (excludes halogenated alkanes) is 11. The maximum Gasteiger partial charge on any atom is 0.0705 e. The van der Waals surface area contributed by atoms with E-state index in [1.807, 2.05) is 0 Å². The summed E-state index contributed by atoms with van der Waals surface area (Å²) in [6.07, 6.45) is 15.5. The van der Waals surface area contributed by atoms with Crippen LogP contribution in [0, 0.1) is 11.8 Å². The van der Waals surface area contributed by atoms with Gasteiger partial charge in [-0.15, -0.1) is 11.8 Å². The van der Waals surface area contributed by atoms with Crippen molar-refractivity contribution in [3.05, 3.63) is 10.4 Å². The third-order valence-electron chi connectivity index (χ3n) is 3.72. The highest BCUT2D eigenvalue weighted by Crippen LogP contribution is 2.11. The molecule has 22 heavy (non-hydrogen) atoms. The van der Waals surface area contributed by atoms with Crippen molar-refractivity contribution >= 4 is 0 Å². The summed E-state index contributed by atoms with van der Waals surface area (Å²) in [5, 5.41) is 12.7. The van der Waals surface area contributed by atoms with Crippen LogP contribution >= 0.6 is 0 Å². The normalized spacial score (nSPS) is 11.4. The van der Waals surface area contributed by atoms with E-state index in [0.29, 0.717) is 6.42 Å². The summed E-state index contributed by atoms with van der Waals surface area (Å²) in [6.45, 7) is 2.37. The van der Waals surface area contributed by atoms with E-state index in [-0.39, 0.29) is 6.54 Å². The molecule has 0 unspecified atom stereocenters. The fourth-order valence-electron chi connectivity index (χ4n) is 2.35. The molecule has 0 rings (SSSR count). The van der Waals surface area contributed by atoms with E-state index >= 15 is 0 Å². The van der Waals surface area contributed by atoms with Gasteiger partial charge in [0.15, 0.2) is 0 Å². The van der Waals surface area contributed by atoms with Crippen LogP contribution in [0.5, 0.6) is 0 Å². The van der Waals surface area contributed by atoms with Crippen LogP contribution in [0.3, 0.4) is 0 Å². The van der Waals surface area contributed by atoms with Crippen LogP contribution in [-0.2, 0) is 0 Å². The molecule has 0 saturated carbocycles. The second-order valence-electron chi connectivity index (χ2n) is 5.91. The minimum atomic E-state index is -0.624. The molecular formula is C18H33N3O. The molecule has 0 aliphatic carbocycles. The Balaban J connectivity index is 3.22. The third-order valence-corrected chi connectivity index (χ3v) is 3.72. The Morgan fingerprint density at radius 3 is 2.00 bits per heavy atom. The van der Waals surface area contributed by atoms with Crippen LogP contribution in [-0.4, -0.2) is 17.8 Å². The second-order valence-corrected chi connectivity index (χ2v) is 5.91. The summed E-state index contributed by atoms with van der Waals surface area (Å²) in [7, 11) is 0. The van der Waals surface area contributed by atoms with Crippen molar-refractivity contribution in [3.63, 3.8) is 0 Å². The highest BCUT2D eigenvalue weighted by molar-refractivity contribution is 5.00. The summed E-state index contributed by atoms with van der Waals surface area (Å²) >= 11 is 0. The molecule has 0 aliphatic rings. The van der Waals surface area contributed by atoms with Gasteiger partial charge >= 0.3 is 0 Å². The molecule has 4 heteroatoms. The predicted molar refractivity (Wildman–Crippen MR) is 93.5 cm³/mol. The Morgan fingerprint density at radius 2 is 1.45 bits per heavy atom. The number of rotatable bonds is 14. The lowest BCUT2D eigenvalue weighted by Gasteiger charge is -2.01. The van der Waals surface area contributed by atoms with E-state index in [1.165, 1.54) is 64.2 Å². The fraction of sp³-hybridized carbons (Fsp3) is 0.889. The first kappa shape index (κ1) is 20.8. The zero-order valence-electron chi connectivity index (χ0n) is 14.3. The monoisotopic (exact) mass is 307 g/mol. The SMILES string of the molecule is CCCCCCCCCCCCCC#CC[C@H](O)CN=[N+]=[N-]. The molecule has 0 aromatic heterocycles. The number of hydrogen-bond donors (Lipinski definition) is 1. The Bertz CT molecular complexity index is 340. The van der Waals surface area contributed by atoms with Gasteiger partial charge in [0.1, 0.15) is 0 Å². The minimum Gasteiger partial charge on any atom is -0.392 e. The first-order valence-corrected chi connectivity index (χ1v) is 8.96. The number of azide groups is 1. The van der Waals surface area contributed by atoms with E-state index in [1.54, 1.807) is 0 Å². The molecule has 126 valence electrons. The molecule has 0 spiro atoms. The van der Waals surface area contributed by atoms with Crippen molar-refractivity contribution in [2.75, 3.05) is 6.54 Å². The average molecular weight is 307 g/mol. The lowest BCUT2D eigenvalue weighted by atomic mass is 10.1. The number of aliphatic hydroxyl groups is 1. The topological polar surface area (TPSA) is 69.0 Å². The summed E-state index contributed by atoms with van der Waals surface area (Å²) in [6, 6.07) is 0. The largest absolute Gasteiger partial charge is 0.392 e. The van der Waals surface area contributed by atoms with Gasteiger partial charge in [0.05, 0.1) is 12.6 Å². The van der Waals surface area contributed by atoms with Gasteiger partial charge in [-0.05, 0) is 12.0 Å². The average Bonchev–Trinajstić information content (AvgIpc) is 2.53. The Kier molecular flexibility index (Phi) is 16.9. The quantitative estimate of drug-likeness (QED) is 0.143. The molecule has 0 aliphatic heterocycles. The smallest absolute Gasteiger partial charge is 0.0705 e. The second kappa shape index (κ2) is 17.9. The van der Waals surface area contributed by atoms with Crippen LogP contribution in [0.4, 0.5) is 0 Å². The van der Waals surface area contributed by atoms with Crippen LogP contribution in [0.15, 0.2) is 5.11 Å². The van der Waals surface area contributed by atoms with Crippen LogP contribution < -0.4 is 0 Å². The fourth-order valence-corrected chi connectivity index (χ4v) is 2.35. The summed E-state index contributed by atoms with van der Waals surface area (Å²) in [4.78, 5) is 2.61. The van der Waals surface area contributed by atoms with E-state index in [2.05, 4.69) is 28.8 Å². The van der Waals surface area contributed by atoms with Gasteiger partial charge in [-0.25, -0.2) is 0 Å². The van der Waals surface area contributed by atoms with Crippen molar-refractivity contribution < 1.29 is 5.11 Å². The first-order valence-electron chi connectivity index (χ1n) is 8.96. The number of hydrogen-bond acceptors (Lipinski definition) is 2. The molecule has 0 bridgehead atoms. The molecule has 1 atom stereocenters. The molecule has 0 aromatic rings. The maximum absolute atomic E-state index is 9.40. The molecule has 0 fully saturated rings. The van der Waals surface area contributed by atoms with Crippen molar-refractivity contribution in [2.45, 2.75) is 96.5 Å². The Morgan fingerprint density at radius 1 is 0.909 bits per heavy atom. The van der Waals surface area contributed by atoms with E-state index < -0.39 is 6.10 Å². The van der Waals surface area contributed by atoms with Crippen molar-refractivity contribution in [2.24, 2.45) is 5.11 Å². The van der Waals surface area contributed by atoms with Crippen molar-refractivity contribution in [3.8, 4) is 11.8 Å². The summed E-state index contributed by atoms with van der Waals surface area (Å²) in [5.74, 6) is 6.02. The van der Waals surface area contributed by atoms with E-state index in [9.17, 15) is 5.11 Å². The Labute approximate surface area is 136 Å². The lowest BCUT2D eigenvalue weighted by molar-refractivity contribution is 0.189. The summed E-state index contributed by atoms with van der Waals surface area (Å²) < 4.78 is 0. The molecule has 4 nitrogen and oxygen atoms in total. The summed E-state index contributed by atoms with van der Waals surface area (Å²) in [5.41, 5.74) is 8.12. The van der Waals surface area contributed by atoms with Gasteiger partial charge in [0, 0.05) is 17.8 Å². The van der Waals surface area contributed by atoms with Crippen molar-refractivity contribution in [1.82, 2.24) is 0 Å². The van der Waals surface area contributed by atoms with E-state index in [4.69, 9.17) is 5.53 Å². The van der Waals surface area contributed by atoms with Gasteiger partial charge in [0.2, 0.25) is 0 Å². The molecule has 0 amide bonds. The molecule has 0 aromatic carbocycles. The van der Waals surface area contributed by atoms with Gasteiger partial charge in [-0.2, -0.15) is 0 Å². The number of aliphatic hydroxyl groups excluding tert-OH is 1. The first-order chi connectivity index (χ1) is 10.8. The maximum atomic E-state index is 9.40. The Hall–Kier alpha value is -1.17. The molecular weight excluding hydrogens is 274 g/mol. The highest BCUT2D eigenvalue weighted by atomic mass is 16.3. The van der Waals surface area contributed by atoms with Gasteiger partial charge < -0.3 is 5.11 Å².